The summed E-state index contributed by atoms with van der Waals surface area (Å²) in [5.74, 6) is 0.306. The molecule has 0 fully saturated rings. The highest BCUT2D eigenvalue weighted by molar-refractivity contribution is 6.01. The van der Waals surface area contributed by atoms with Crippen molar-refractivity contribution >= 4 is 28.5 Å². The molecule has 1 N–H and O–H groups in total. The predicted octanol–water partition coefficient (Wildman–Crippen LogP) is 3.87. The van der Waals surface area contributed by atoms with E-state index in [-0.39, 0.29) is 18.4 Å². The van der Waals surface area contributed by atoms with Crippen LogP contribution in [0.1, 0.15) is 38.9 Å². The number of carbonyl (C=O) groups excluding carboxylic acids is 2. The molecule has 0 aliphatic heterocycles. The second kappa shape index (κ2) is 11.0. The average Bonchev–Trinajstić information content (AvgIpc) is 3.52. The molecule has 0 spiro atoms. The Morgan fingerprint density at radius 3 is 2.45 bits per heavy atom. The van der Waals surface area contributed by atoms with Crippen LogP contribution in [-0.2, 0) is 23.2 Å². The molecule has 4 aromatic rings. The molecular weight excluding hydrogens is 484 g/mol. The van der Waals surface area contributed by atoms with Crippen LogP contribution >= 0.6 is 0 Å². The van der Waals surface area contributed by atoms with Gasteiger partial charge in [0.1, 0.15) is 12.1 Å². The number of rotatable bonds is 10. The summed E-state index contributed by atoms with van der Waals surface area (Å²) in [7, 11) is 4.92. The van der Waals surface area contributed by atoms with Crippen LogP contribution in [0.25, 0.3) is 11.0 Å². The third-order valence-electron chi connectivity index (χ3n) is 6.74. The summed E-state index contributed by atoms with van der Waals surface area (Å²) in [5.41, 5.74) is 2.06. The van der Waals surface area contributed by atoms with Gasteiger partial charge in [-0.25, -0.2) is 4.68 Å². The lowest BCUT2D eigenvalue weighted by molar-refractivity contribution is -0.128. The van der Waals surface area contributed by atoms with E-state index in [2.05, 4.69) is 15.6 Å². The van der Waals surface area contributed by atoms with Gasteiger partial charge < -0.3 is 19.4 Å². The van der Waals surface area contributed by atoms with Gasteiger partial charge in [-0.15, -0.1) is 5.10 Å². The maximum Gasteiger partial charge on any atom is 0.249 e. The topological polar surface area (TPSA) is 104 Å². The molecule has 0 aliphatic rings. The summed E-state index contributed by atoms with van der Waals surface area (Å²) in [6, 6.07) is 15.3. The molecule has 0 saturated carbocycles. The Morgan fingerprint density at radius 2 is 1.79 bits per heavy atom. The third-order valence-corrected chi connectivity index (χ3v) is 6.74. The standard InChI is InChI=1S/C28H34N6O4/c1-7-28(2,3)29-27(36)26(22-13-10-16-32(22)4)34(19-14-15-23(37-5)24(17-19)38-6)25(35)18-33-21-12-9-8-11-20(21)30-31-33/h8-17,26H,7,18H2,1-6H3,(H,29,36)/t26-/m0/s1. The summed E-state index contributed by atoms with van der Waals surface area (Å²) in [4.78, 5) is 29.6. The van der Waals surface area contributed by atoms with Crippen molar-refractivity contribution in [2.24, 2.45) is 7.05 Å². The number of aryl methyl sites for hydroxylation is 1. The van der Waals surface area contributed by atoms with Crippen molar-refractivity contribution in [3.8, 4) is 11.5 Å². The van der Waals surface area contributed by atoms with Crippen LogP contribution in [0, 0.1) is 0 Å². The highest BCUT2D eigenvalue weighted by atomic mass is 16.5. The molecule has 10 heteroatoms. The van der Waals surface area contributed by atoms with Crippen LogP contribution in [0.2, 0.25) is 0 Å². The zero-order valence-electron chi connectivity index (χ0n) is 22.6. The molecule has 2 aromatic heterocycles. The van der Waals surface area contributed by atoms with Crippen molar-refractivity contribution in [2.75, 3.05) is 19.1 Å². The van der Waals surface area contributed by atoms with Gasteiger partial charge in [0.25, 0.3) is 0 Å². The molecule has 4 rings (SSSR count). The minimum Gasteiger partial charge on any atom is -0.493 e. The van der Waals surface area contributed by atoms with E-state index in [1.165, 1.54) is 12.0 Å². The molecule has 0 aliphatic carbocycles. The molecular formula is C28H34N6O4. The number of benzene rings is 2. The van der Waals surface area contributed by atoms with E-state index >= 15 is 0 Å². The first-order chi connectivity index (χ1) is 18.2. The van der Waals surface area contributed by atoms with Gasteiger partial charge in [0.2, 0.25) is 11.8 Å². The number of hydrogen-bond acceptors (Lipinski definition) is 6. The number of anilines is 1. The monoisotopic (exact) mass is 518 g/mol. The van der Waals surface area contributed by atoms with Gasteiger partial charge in [0.15, 0.2) is 17.5 Å². The summed E-state index contributed by atoms with van der Waals surface area (Å²) in [6.07, 6.45) is 2.57. The fraction of sp³-hybridized carbons (Fsp3) is 0.357. The largest absolute Gasteiger partial charge is 0.493 e. The van der Waals surface area contributed by atoms with Crippen LogP contribution in [0.3, 0.4) is 0 Å². The fourth-order valence-electron chi connectivity index (χ4n) is 4.28. The number of aromatic nitrogens is 4. The lowest BCUT2D eigenvalue weighted by atomic mass is 10.00. The van der Waals surface area contributed by atoms with Crippen LogP contribution in [0.4, 0.5) is 5.69 Å². The quantitative estimate of drug-likeness (QED) is 0.342. The van der Waals surface area contributed by atoms with E-state index in [1.807, 2.05) is 75.0 Å². The Morgan fingerprint density at radius 1 is 1.05 bits per heavy atom. The second-order valence-electron chi connectivity index (χ2n) is 9.71. The Labute approximate surface area is 222 Å². The molecule has 38 heavy (non-hydrogen) atoms. The molecule has 2 heterocycles. The Bertz CT molecular complexity index is 1440. The normalized spacial score (nSPS) is 12.3. The van der Waals surface area contributed by atoms with E-state index in [0.29, 0.717) is 34.8 Å². The maximum absolute atomic E-state index is 14.2. The molecule has 0 unspecified atom stereocenters. The third kappa shape index (κ3) is 5.34. The Balaban J connectivity index is 1.86. The molecule has 0 saturated heterocycles. The van der Waals surface area contributed by atoms with Crippen LogP contribution in [0.5, 0.6) is 11.5 Å². The molecule has 200 valence electrons. The van der Waals surface area contributed by atoms with Crippen LogP contribution in [0.15, 0.2) is 60.8 Å². The molecule has 10 nitrogen and oxygen atoms in total. The van der Waals surface area contributed by atoms with Gasteiger partial charge >= 0.3 is 0 Å². The zero-order chi connectivity index (χ0) is 27.4. The van der Waals surface area contributed by atoms with Crippen LogP contribution < -0.4 is 19.7 Å². The van der Waals surface area contributed by atoms with E-state index in [9.17, 15) is 9.59 Å². The number of methoxy groups -OCH3 is 2. The number of carbonyl (C=O) groups is 2. The van der Waals surface area contributed by atoms with Crippen LogP contribution in [-0.4, -0.2) is 51.1 Å². The van der Waals surface area contributed by atoms with Crippen molar-refractivity contribution in [2.45, 2.75) is 45.3 Å². The molecule has 1 atom stereocenters. The van der Waals surface area contributed by atoms with Crippen molar-refractivity contribution in [1.29, 1.82) is 0 Å². The maximum atomic E-state index is 14.2. The number of amides is 2. The van der Waals surface area contributed by atoms with Crippen molar-refractivity contribution in [3.05, 3.63) is 66.5 Å². The number of para-hydroxylation sites is 1. The lowest BCUT2D eigenvalue weighted by Crippen LogP contribution is -2.51. The summed E-state index contributed by atoms with van der Waals surface area (Å²) < 4.78 is 14.3. The first-order valence-electron chi connectivity index (χ1n) is 12.4. The summed E-state index contributed by atoms with van der Waals surface area (Å²) in [5, 5.41) is 11.5. The van der Waals surface area contributed by atoms with Gasteiger partial charge in [0.05, 0.1) is 25.4 Å². The number of ether oxygens (including phenoxy) is 2. The van der Waals surface area contributed by atoms with Gasteiger partial charge in [-0.1, -0.05) is 24.3 Å². The van der Waals surface area contributed by atoms with E-state index in [1.54, 1.807) is 30.0 Å². The Hall–Kier alpha value is -4.34. The summed E-state index contributed by atoms with van der Waals surface area (Å²) in [6.45, 7) is 5.79. The predicted molar refractivity (Wildman–Crippen MR) is 145 cm³/mol. The number of fused-ring (bicyclic) bond motifs is 1. The molecule has 2 amide bonds. The van der Waals surface area contributed by atoms with E-state index in [0.717, 1.165) is 5.52 Å². The fourth-order valence-corrected chi connectivity index (χ4v) is 4.28. The number of hydrogen-bond donors (Lipinski definition) is 1. The zero-order valence-corrected chi connectivity index (χ0v) is 22.6. The van der Waals surface area contributed by atoms with E-state index < -0.39 is 11.6 Å². The molecule has 2 aromatic carbocycles. The molecule has 0 bridgehead atoms. The minimum atomic E-state index is -0.971. The highest BCUT2D eigenvalue weighted by Crippen LogP contribution is 2.36. The SMILES string of the molecule is CCC(C)(C)NC(=O)[C@H](c1cccn1C)N(C(=O)Cn1nnc2ccccc21)c1ccc(OC)c(OC)c1. The Kier molecular flexibility index (Phi) is 7.70. The smallest absolute Gasteiger partial charge is 0.249 e. The first-order valence-corrected chi connectivity index (χ1v) is 12.4. The summed E-state index contributed by atoms with van der Waals surface area (Å²) >= 11 is 0. The van der Waals surface area contributed by atoms with E-state index in [4.69, 9.17) is 9.47 Å². The average molecular weight is 519 g/mol. The van der Waals surface area contributed by atoms with Gasteiger partial charge in [-0.3, -0.25) is 14.5 Å². The number of nitrogens with zero attached hydrogens (tertiary/aromatic N) is 5. The van der Waals surface area contributed by atoms with Crippen molar-refractivity contribution in [1.82, 2.24) is 24.9 Å². The highest BCUT2D eigenvalue weighted by Gasteiger charge is 2.37. The second-order valence-corrected chi connectivity index (χ2v) is 9.71. The first kappa shape index (κ1) is 26.7. The van der Waals surface area contributed by atoms with Gasteiger partial charge in [-0.05, 0) is 56.7 Å². The van der Waals surface area contributed by atoms with Crippen molar-refractivity contribution < 1.29 is 19.1 Å². The molecule has 0 radical (unpaired) electrons. The minimum absolute atomic E-state index is 0.125. The van der Waals surface area contributed by atoms with Crippen molar-refractivity contribution in [3.63, 3.8) is 0 Å². The van der Waals surface area contributed by atoms with Gasteiger partial charge in [-0.2, -0.15) is 0 Å². The lowest BCUT2D eigenvalue weighted by Gasteiger charge is -2.35. The number of nitrogens with one attached hydrogen (secondary N) is 1. The van der Waals surface area contributed by atoms with Gasteiger partial charge in [0, 0.05) is 30.5 Å².